The average Bonchev–Trinajstić information content (AvgIpc) is 3.33. The van der Waals surface area contributed by atoms with Crippen LogP contribution in [0.15, 0.2) is 54.4 Å². The van der Waals surface area contributed by atoms with Crippen molar-refractivity contribution in [2.75, 3.05) is 0 Å². The first-order chi connectivity index (χ1) is 11.8. The van der Waals surface area contributed by atoms with E-state index in [2.05, 4.69) is 0 Å². The maximum absolute atomic E-state index is 13.8. The molecule has 2 atom stereocenters. The number of aliphatic hydroxyl groups is 1. The fourth-order valence-corrected chi connectivity index (χ4v) is 5.32. The van der Waals surface area contributed by atoms with Crippen molar-refractivity contribution >= 4 is 20.9 Å². The lowest BCUT2D eigenvalue weighted by Gasteiger charge is -2.29. The summed E-state index contributed by atoms with van der Waals surface area (Å²) in [5.41, 5.74) is 0.884. The lowest BCUT2D eigenvalue weighted by molar-refractivity contribution is 0.148. The Labute approximate surface area is 146 Å². The Hall–Kier alpha value is -1.92. The Balaban J connectivity index is 1.96. The molecule has 132 valence electrons. The van der Waals surface area contributed by atoms with Gasteiger partial charge in [0.05, 0.1) is 17.3 Å². The predicted molar refractivity (Wildman–Crippen MR) is 95.3 cm³/mol. The standard InChI is InChI=1S/C19H20FNO3S/c1-19(10-4-6-15(20)12-19)25(23,24)21-16-7-3-2-5-14(16)11-17(21)18(22)13-8-9-13/h2-7,11-13,18,22H,8-10H2,1H3. The molecule has 2 aliphatic carbocycles. The van der Waals surface area contributed by atoms with Crippen molar-refractivity contribution in [3.05, 3.63) is 60.1 Å². The van der Waals surface area contributed by atoms with Crippen LogP contribution in [0.3, 0.4) is 0 Å². The van der Waals surface area contributed by atoms with Crippen molar-refractivity contribution in [2.45, 2.75) is 37.0 Å². The molecule has 4 rings (SSSR count). The molecule has 4 nitrogen and oxygen atoms in total. The van der Waals surface area contributed by atoms with E-state index in [1.54, 1.807) is 18.2 Å². The van der Waals surface area contributed by atoms with Crippen LogP contribution in [0, 0.1) is 5.92 Å². The van der Waals surface area contributed by atoms with Crippen LogP contribution in [0.4, 0.5) is 4.39 Å². The summed E-state index contributed by atoms with van der Waals surface area (Å²) in [5, 5.41) is 11.4. The minimum absolute atomic E-state index is 0.0876. The van der Waals surface area contributed by atoms with E-state index >= 15 is 0 Å². The molecular weight excluding hydrogens is 341 g/mol. The molecular formula is C19H20FNO3S. The first-order valence-corrected chi connectivity index (χ1v) is 9.86. The zero-order valence-corrected chi connectivity index (χ0v) is 14.7. The van der Waals surface area contributed by atoms with Gasteiger partial charge in [0.25, 0.3) is 0 Å². The van der Waals surface area contributed by atoms with Crippen molar-refractivity contribution < 1.29 is 17.9 Å². The topological polar surface area (TPSA) is 59.3 Å². The zero-order chi connectivity index (χ0) is 17.8. The van der Waals surface area contributed by atoms with Crippen molar-refractivity contribution in [3.63, 3.8) is 0 Å². The van der Waals surface area contributed by atoms with Gasteiger partial charge >= 0.3 is 0 Å². The quantitative estimate of drug-likeness (QED) is 0.900. The molecule has 1 saturated carbocycles. The van der Waals surface area contributed by atoms with Crippen LogP contribution in [-0.4, -0.2) is 22.2 Å². The highest BCUT2D eigenvalue weighted by molar-refractivity contribution is 7.91. The monoisotopic (exact) mass is 361 g/mol. The summed E-state index contributed by atoms with van der Waals surface area (Å²) in [4.78, 5) is 0. The third kappa shape index (κ3) is 2.55. The molecule has 0 aliphatic heterocycles. The maximum atomic E-state index is 13.8. The molecule has 1 heterocycles. The van der Waals surface area contributed by atoms with Crippen molar-refractivity contribution in [1.82, 2.24) is 3.97 Å². The third-order valence-corrected chi connectivity index (χ3v) is 7.49. The Morgan fingerprint density at radius 2 is 2.04 bits per heavy atom. The summed E-state index contributed by atoms with van der Waals surface area (Å²) < 4.78 is 40.7. The molecule has 2 aromatic rings. The van der Waals surface area contributed by atoms with Crippen LogP contribution in [-0.2, 0) is 10.0 Å². The highest BCUT2D eigenvalue weighted by Crippen LogP contribution is 2.44. The van der Waals surface area contributed by atoms with E-state index in [1.807, 2.05) is 12.1 Å². The molecule has 2 unspecified atom stereocenters. The fourth-order valence-electron chi connectivity index (χ4n) is 3.47. The number of aliphatic hydroxyl groups excluding tert-OH is 1. The minimum atomic E-state index is -3.97. The first-order valence-electron chi connectivity index (χ1n) is 8.42. The number of benzene rings is 1. The number of rotatable bonds is 4. The molecule has 0 bridgehead atoms. The van der Waals surface area contributed by atoms with Gasteiger partial charge in [0, 0.05) is 5.39 Å². The smallest absolute Gasteiger partial charge is 0.248 e. The first kappa shape index (κ1) is 16.5. The van der Waals surface area contributed by atoms with Crippen LogP contribution in [0.5, 0.6) is 0 Å². The van der Waals surface area contributed by atoms with Crippen molar-refractivity contribution in [1.29, 1.82) is 0 Å². The number of hydrogen-bond donors (Lipinski definition) is 1. The van der Waals surface area contributed by atoms with Gasteiger partial charge in [-0.2, -0.15) is 0 Å². The van der Waals surface area contributed by atoms with Gasteiger partial charge in [0.1, 0.15) is 10.6 Å². The molecule has 1 N–H and O–H groups in total. The molecule has 2 aliphatic rings. The van der Waals surface area contributed by atoms with Gasteiger partial charge in [-0.1, -0.05) is 24.3 Å². The highest BCUT2D eigenvalue weighted by Gasteiger charge is 2.43. The molecule has 1 aromatic heterocycles. The Morgan fingerprint density at radius 1 is 1.32 bits per heavy atom. The summed E-state index contributed by atoms with van der Waals surface area (Å²) in [6, 6.07) is 8.87. The largest absolute Gasteiger partial charge is 0.387 e. The second kappa shape index (κ2) is 5.54. The molecule has 0 radical (unpaired) electrons. The summed E-state index contributed by atoms with van der Waals surface area (Å²) in [5.74, 6) is -0.470. The highest BCUT2D eigenvalue weighted by atomic mass is 32.2. The minimum Gasteiger partial charge on any atom is -0.387 e. The zero-order valence-electron chi connectivity index (χ0n) is 13.9. The number of aromatic nitrogens is 1. The fraction of sp³-hybridized carbons (Fsp3) is 0.368. The Bertz CT molecular complexity index is 1000. The predicted octanol–water partition coefficient (Wildman–Crippen LogP) is 3.83. The van der Waals surface area contributed by atoms with Gasteiger partial charge in [-0.15, -0.1) is 0 Å². The molecule has 6 heteroatoms. The van der Waals surface area contributed by atoms with Gasteiger partial charge in [0.2, 0.25) is 10.0 Å². The number of hydrogen-bond acceptors (Lipinski definition) is 3. The van der Waals surface area contributed by atoms with Gasteiger partial charge in [0.15, 0.2) is 0 Å². The molecule has 0 spiro atoms. The van der Waals surface area contributed by atoms with Gasteiger partial charge < -0.3 is 5.11 Å². The average molecular weight is 361 g/mol. The summed E-state index contributed by atoms with van der Waals surface area (Å²) in [6.45, 7) is 1.52. The lowest BCUT2D eigenvalue weighted by Crippen LogP contribution is -2.39. The van der Waals surface area contributed by atoms with E-state index in [9.17, 15) is 17.9 Å². The van der Waals surface area contributed by atoms with E-state index in [4.69, 9.17) is 0 Å². The summed E-state index contributed by atoms with van der Waals surface area (Å²) in [6.07, 6.45) is 5.10. The number of halogens is 1. The summed E-state index contributed by atoms with van der Waals surface area (Å²) >= 11 is 0. The second-order valence-electron chi connectivity index (χ2n) is 7.13. The number of allylic oxidation sites excluding steroid dienone is 3. The number of fused-ring (bicyclic) bond motifs is 1. The van der Waals surface area contributed by atoms with Crippen LogP contribution >= 0.6 is 0 Å². The van der Waals surface area contributed by atoms with Gasteiger partial charge in [-0.25, -0.2) is 16.8 Å². The molecule has 0 saturated heterocycles. The van der Waals surface area contributed by atoms with Gasteiger partial charge in [-0.3, -0.25) is 0 Å². The van der Waals surface area contributed by atoms with Crippen LogP contribution in [0.1, 0.15) is 38.0 Å². The van der Waals surface area contributed by atoms with E-state index in [0.29, 0.717) is 11.2 Å². The van der Waals surface area contributed by atoms with Crippen LogP contribution in [0.25, 0.3) is 10.9 Å². The van der Waals surface area contributed by atoms with E-state index < -0.39 is 26.7 Å². The Kier molecular flexibility index (Phi) is 3.67. The number of nitrogens with zero attached hydrogens (tertiary/aromatic N) is 1. The Morgan fingerprint density at radius 3 is 2.72 bits per heavy atom. The van der Waals surface area contributed by atoms with Crippen LogP contribution in [0.2, 0.25) is 0 Å². The normalized spacial score (nSPS) is 25.2. The third-order valence-electron chi connectivity index (χ3n) is 5.14. The van der Waals surface area contributed by atoms with Crippen molar-refractivity contribution in [3.8, 4) is 0 Å². The maximum Gasteiger partial charge on any atom is 0.248 e. The van der Waals surface area contributed by atoms with E-state index in [1.165, 1.54) is 23.0 Å². The molecule has 25 heavy (non-hydrogen) atoms. The van der Waals surface area contributed by atoms with Crippen molar-refractivity contribution in [2.24, 2.45) is 5.92 Å². The van der Waals surface area contributed by atoms with E-state index in [0.717, 1.165) is 24.3 Å². The SMILES string of the molecule is CC1(S(=O)(=O)n2c(C(O)C3CC3)cc3ccccc32)C=C(F)C=CC1. The second-order valence-corrected chi connectivity index (χ2v) is 9.38. The molecule has 0 amide bonds. The number of para-hydroxylation sites is 1. The van der Waals surface area contributed by atoms with Gasteiger partial charge in [-0.05, 0) is 56.4 Å². The molecule has 1 fully saturated rings. The lowest BCUT2D eigenvalue weighted by atomic mass is 10.0. The van der Waals surface area contributed by atoms with Crippen LogP contribution < -0.4 is 0 Å². The molecule has 1 aromatic carbocycles. The van der Waals surface area contributed by atoms with E-state index in [-0.39, 0.29) is 12.3 Å². The summed E-state index contributed by atoms with van der Waals surface area (Å²) in [7, 11) is -3.97.